The molecule has 0 spiro atoms. The Morgan fingerprint density at radius 3 is 0.793 bits per heavy atom. The Kier molecular flexibility index (Phi) is 13.9. The third-order valence-corrected chi connectivity index (χ3v) is 11.1. The Morgan fingerprint density at radius 1 is 0.310 bits per heavy atom. The van der Waals surface area contributed by atoms with Gasteiger partial charge in [-0.15, -0.1) is 0 Å². The summed E-state index contributed by atoms with van der Waals surface area (Å²) in [6.45, 7) is 1.98. The molecule has 0 aliphatic heterocycles. The molecule has 0 atom stereocenters. The summed E-state index contributed by atoms with van der Waals surface area (Å²) in [6, 6.07) is 75.9. The molecule has 58 heavy (non-hydrogen) atoms. The van der Waals surface area contributed by atoms with Crippen LogP contribution in [0, 0.1) is 0 Å². The second-order valence-electron chi connectivity index (χ2n) is 15.7. The molecule has 7 aromatic rings. The largest absolute Gasteiger partial charge is 0.309 e. The fraction of sp³-hybridized carbons (Fsp3) is 0.148. The molecule has 286 valence electrons. The average molecular weight is 753 g/mol. The van der Waals surface area contributed by atoms with Crippen LogP contribution >= 0.6 is 0 Å². The van der Waals surface area contributed by atoms with Gasteiger partial charge in [0.2, 0.25) is 13.4 Å². The Morgan fingerprint density at radius 2 is 0.552 bits per heavy atom. The Balaban J connectivity index is 1.48. The van der Waals surface area contributed by atoms with Crippen LogP contribution in [-0.4, -0.2) is 64.5 Å². The van der Waals surface area contributed by atoms with Gasteiger partial charge in [0.15, 0.2) is 0 Å². The Hall–Kier alpha value is -5.93. The molecule has 0 amide bonds. The van der Waals surface area contributed by atoms with Crippen molar-refractivity contribution in [3.8, 4) is 0 Å². The van der Waals surface area contributed by atoms with Gasteiger partial charge < -0.3 is 9.80 Å². The molecule has 2 nitrogen and oxygen atoms in total. The molecule has 0 heterocycles. The van der Waals surface area contributed by atoms with Gasteiger partial charge >= 0.3 is 0 Å². The van der Waals surface area contributed by atoms with Crippen LogP contribution in [0.5, 0.6) is 0 Å². The summed E-state index contributed by atoms with van der Waals surface area (Å²) in [5.74, 6) is 0. The van der Waals surface area contributed by atoms with E-state index in [0.717, 1.165) is 25.9 Å². The van der Waals surface area contributed by atoms with E-state index < -0.39 is 0 Å². The third-order valence-electron chi connectivity index (χ3n) is 11.1. The molecule has 0 aromatic heterocycles. The van der Waals surface area contributed by atoms with E-state index >= 15 is 0 Å². The van der Waals surface area contributed by atoms with E-state index in [-0.39, 0.29) is 13.4 Å². The van der Waals surface area contributed by atoms with Gasteiger partial charge in [0.1, 0.15) is 0 Å². The monoisotopic (exact) mass is 752 g/mol. The van der Waals surface area contributed by atoms with Crippen LogP contribution in [0.4, 0.5) is 0 Å². The molecule has 4 heteroatoms. The molecule has 0 unspecified atom stereocenters. The summed E-state index contributed by atoms with van der Waals surface area (Å²) in [4.78, 5) is 4.61. The molecular formula is C54H54B2N2. The topological polar surface area (TPSA) is 6.48 Å². The van der Waals surface area contributed by atoms with Gasteiger partial charge in [0.25, 0.3) is 0 Å². The highest BCUT2D eigenvalue weighted by Gasteiger charge is 2.30. The highest BCUT2D eigenvalue weighted by molar-refractivity contribution is 7.01. The summed E-state index contributed by atoms with van der Waals surface area (Å²) < 4.78 is 0. The molecule has 0 fully saturated rings. The molecule has 0 saturated carbocycles. The zero-order valence-corrected chi connectivity index (χ0v) is 34.5. The zero-order valence-electron chi connectivity index (χ0n) is 34.5. The van der Waals surface area contributed by atoms with Crippen LogP contribution in [0.25, 0.3) is 22.1 Å². The summed E-state index contributed by atoms with van der Waals surface area (Å²) in [7, 11) is 8.71. The first kappa shape index (κ1) is 40.3. The second kappa shape index (κ2) is 20.0. The summed E-state index contributed by atoms with van der Waals surface area (Å²) in [5, 5.41) is 0. The predicted molar refractivity (Wildman–Crippen MR) is 255 cm³/mol. The zero-order chi connectivity index (χ0) is 40.1. The van der Waals surface area contributed by atoms with Gasteiger partial charge in [-0.05, 0) is 74.4 Å². The van der Waals surface area contributed by atoms with E-state index in [2.05, 4.69) is 244 Å². The maximum absolute atomic E-state index is 2.40. The van der Waals surface area contributed by atoms with Crippen molar-refractivity contribution >= 4 is 57.4 Å². The van der Waals surface area contributed by atoms with E-state index in [1.54, 1.807) is 0 Å². The smallest absolute Gasteiger partial charge is 0.242 e. The minimum absolute atomic E-state index is 0.0550. The van der Waals surface area contributed by atoms with E-state index in [4.69, 9.17) is 0 Å². The van der Waals surface area contributed by atoms with Crippen LogP contribution in [0.15, 0.2) is 206 Å². The number of rotatable bonds is 16. The van der Waals surface area contributed by atoms with Crippen molar-refractivity contribution in [2.75, 3.05) is 41.3 Å². The Labute approximate surface area is 348 Å². The molecule has 0 aliphatic rings. The Bertz CT molecular complexity index is 2110. The SMILES string of the molecule is CN(C)CC/C(=C(\B(c1ccccc1)c1ccccc1)c1ccccc1)c1ccc(/C(CCN(C)C)=C(/B(c2ccccc2)c2ccccc2)c2ccccc2)cc1. The molecular weight excluding hydrogens is 698 g/mol. The molecule has 0 aliphatic carbocycles. The van der Waals surface area contributed by atoms with Crippen LogP contribution in [0.2, 0.25) is 0 Å². The van der Waals surface area contributed by atoms with Gasteiger partial charge in [-0.2, -0.15) is 0 Å². The molecule has 0 saturated heterocycles. The van der Waals surface area contributed by atoms with Gasteiger partial charge in [0.05, 0.1) is 0 Å². The molecule has 7 aromatic carbocycles. The van der Waals surface area contributed by atoms with Gasteiger partial charge in [-0.3, -0.25) is 0 Å². The van der Waals surface area contributed by atoms with Crippen LogP contribution in [0.1, 0.15) is 35.1 Å². The molecule has 7 rings (SSSR count). The van der Waals surface area contributed by atoms with Crippen molar-refractivity contribution in [2.24, 2.45) is 0 Å². The van der Waals surface area contributed by atoms with E-state index in [1.165, 1.54) is 66.2 Å². The standard InChI is InChI=1S/C54H54B2N2/c1-57(2)41-39-51(53(45-23-11-5-12-24-45)55(47-27-15-7-16-28-47)48-29-17-8-18-30-48)43-35-37-44(38-36-43)52(40-42-58(3)4)54(46-25-13-6-14-26-46)56(49-31-19-9-20-32-49)50-33-21-10-22-34-50/h5-38H,39-42H2,1-4H3/b53-51+,54-52+. The van der Waals surface area contributed by atoms with Gasteiger partial charge in [-0.1, -0.05) is 239 Å². The van der Waals surface area contributed by atoms with Crippen molar-refractivity contribution < 1.29 is 0 Å². The lowest BCUT2D eigenvalue weighted by molar-refractivity contribution is 0.419. The second-order valence-corrected chi connectivity index (χ2v) is 15.7. The molecule has 0 radical (unpaired) electrons. The van der Waals surface area contributed by atoms with E-state index in [1.807, 2.05) is 0 Å². The highest BCUT2D eigenvalue weighted by atomic mass is 15.0. The van der Waals surface area contributed by atoms with Crippen molar-refractivity contribution in [1.29, 1.82) is 0 Å². The van der Waals surface area contributed by atoms with Crippen LogP contribution in [-0.2, 0) is 0 Å². The summed E-state index contributed by atoms with van der Waals surface area (Å²) in [5.41, 5.74) is 15.7. The van der Waals surface area contributed by atoms with E-state index in [0.29, 0.717) is 0 Å². The number of hydrogen-bond acceptors (Lipinski definition) is 2. The minimum Gasteiger partial charge on any atom is -0.309 e. The fourth-order valence-electron chi connectivity index (χ4n) is 8.31. The van der Waals surface area contributed by atoms with Crippen molar-refractivity contribution in [1.82, 2.24) is 9.80 Å². The number of hydrogen-bond donors (Lipinski definition) is 0. The van der Waals surface area contributed by atoms with Crippen LogP contribution in [0.3, 0.4) is 0 Å². The number of nitrogens with zero attached hydrogens (tertiary/aromatic N) is 2. The van der Waals surface area contributed by atoms with Gasteiger partial charge in [-0.25, -0.2) is 0 Å². The third kappa shape index (κ3) is 9.95. The first-order chi connectivity index (χ1) is 28.5. The normalized spacial score (nSPS) is 12.2. The van der Waals surface area contributed by atoms with E-state index in [9.17, 15) is 0 Å². The predicted octanol–water partition coefficient (Wildman–Crippen LogP) is 9.11. The fourth-order valence-corrected chi connectivity index (χ4v) is 8.31. The van der Waals surface area contributed by atoms with Crippen molar-refractivity contribution in [3.05, 3.63) is 229 Å². The van der Waals surface area contributed by atoms with Gasteiger partial charge in [0, 0.05) is 13.1 Å². The lowest BCUT2D eigenvalue weighted by atomic mass is 9.34. The summed E-state index contributed by atoms with van der Waals surface area (Å²) >= 11 is 0. The minimum atomic E-state index is 0.0550. The van der Waals surface area contributed by atoms with Crippen molar-refractivity contribution in [3.63, 3.8) is 0 Å². The average Bonchev–Trinajstić information content (AvgIpc) is 3.28. The first-order valence-electron chi connectivity index (χ1n) is 20.6. The molecule has 0 N–H and O–H groups in total. The highest BCUT2D eigenvalue weighted by Crippen LogP contribution is 2.35. The summed E-state index contributed by atoms with van der Waals surface area (Å²) in [6.07, 6.45) is 1.82. The first-order valence-corrected chi connectivity index (χ1v) is 20.6. The number of benzene rings is 7. The lowest BCUT2D eigenvalue weighted by Gasteiger charge is -2.26. The van der Waals surface area contributed by atoms with Crippen LogP contribution < -0.4 is 21.9 Å². The maximum atomic E-state index is 2.40. The lowest BCUT2D eigenvalue weighted by Crippen LogP contribution is -2.44. The van der Waals surface area contributed by atoms with Crippen molar-refractivity contribution in [2.45, 2.75) is 12.8 Å². The quantitative estimate of drug-likeness (QED) is 0.0719. The molecule has 0 bridgehead atoms. The maximum Gasteiger partial charge on any atom is 0.242 e.